The van der Waals surface area contributed by atoms with E-state index in [4.69, 9.17) is 9.47 Å². The Labute approximate surface area is 158 Å². The van der Waals surface area contributed by atoms with E-state index in [-0.39, 0.29) is 5.91 Å². The largest absolute Gasteiger partial charge is 0.497 e. The molecule has 1 N–H and O–H groups in total. The highest BCUT2D eigenvalue weighted by atomic mass is 16.5. The summed E-state index contributed by atoms with van der Waals surface area (Å²) in [6.07, 6.45) is 12.7. The van der Waals surface area contributed by atoms with Crippen molar-refractivity contribution < 1.29 is 14.3 Å². The van der Waals surface area contributed by atoms with Gasteiger partial charge in [0.25, 0.3) is 0 Å². The van der Waals surface area contributed by atoms with Crippen LogP contribution < -0.4 is 14.8 Å². The SMILES string of the molecule is CCCCCCCCNC(=O)/C=C/C(C)=C/c1ccc(OC)cc1OC. The number of hydrogen-bond donors (Lipinski definition) is 1. The van der Waals surface area contributed by atoms with Crippen LogP contribution in [0.2, 0.25) is 0 Å². The number of carbonyl (C=O) groups is 1. The van der Waals surface area contributed by atoms with Crippen molar-refractivity contribution in [2.24, 2.45) is 0 Å². The number of benzene rings is 1. The van der Waals surface area contributed by atoms with Gasteiger partial charge in [-0.1, -0.05) is 50.7 Å². The molecule has 0 bridgehead atoms. The van der Waals surface area contributed by atoms with Crippen molar-refractivity contribution in [2.75, 3.05) is 20.8 Å². The second-order valence-electron chi connectivity index (χ2n) is 6.39. The van der Waals surface area contributed by atoms with Crippen LogP contribution in [-0.4, -0.2) is 26.7 Å². The van der Waals surface area contributed by atoms with Crippen LogP contribution in [0.5, 0.6) is 11.5 Å². The van der Waals surface area contributed by atoms with Gasteiger partial charge in [-0.2, -0.15) is 0 Å². The van der Waals surface area contributed by atoms with Gasteiger partial charge in [-0.15, -0.1) is 0 Å². The molecule has 0 aromatic heterocycles. The lowest BCUT2D eigenvalue weighted by molar-refractivity contribution is -0.116. The number of unbranched alkanes of at least 4 members (excludes halogenated alkanes) is 5. The normalized spacial score (nSPS) is 11.6. The number of rotatable bonds is 12. The van der Waals surface area contributed by atoms with Crippen LogP contribution in [0.4, 0.5) is 0 Å². The molecule has 0 atom stereocenters. The summed E-state index contributed by atoms with van der Waals surface area (Å²) in [5.74, 6) is 1.44. The maximum absolute atomic E-state index is 11.9. The topological polar surface area (TPSA) is 47.6 Å². The average molecular weight is 360 g/mol. The second kappa shape index (κ2) is 13.0. The molecule has 4 heteroatoms. The first kappa shape index (κ1) is 21.8. The van der Waals surface area contributed by atoms with Crippen LogP contribution in [-0.2, 0) is 4.79 Å². The minimum atomic E-state index is -0.0481. The van der Waals surface area contributed by atoms with Crippen LogP contribution >= 0.6 is 0 Å². The summed E-state index contributed by atoms with van der Waals surface area (Å²) in [4.78, 5) is 11.9. The van der Waals surface area contributed by atoms with Gasteiger partial charge < -0.3 is 14.8 Å². The molecule has 26 heavy (non-hydrogen) atoms. The molecule has 1 aromatic carbocycles. The van der Waals surface area contributed by atoms with Crippen molar-refractivity contribution in [3.8, 4) is 11.5 Å². The first-order valence-corrected chi connectivity index (χ1v) is 9.47. The Hall–Kier alpha value is -2.23. The Balaban J connectivity index is 2.44. The van der Waals surface area contributed by atoms with Gasteiger partial charge in [0.2, 0.25) is 5.91 Å². The first-order chi connectivity index (χ1) is 12.6. The molecule has 0 spiro atoms. The summed E-state index contributed by atoms with van der Waals surface area (Å²) >= 11 is 0. The third-order valence-electron chi connectivity index (χ3n) is 4.15. The van der Waals surface area contributed by atoms with Crippen molar-refractivity contribution in [1.29, 1.82) is 0 Å². The number of allylic oxidation sites excluding steroid dienone is 2. The number of methoxy groups -OCH3 is 2. The molecule has 0 saturated carbocycles. The third-order valence-corrected chi connectivity index (χ3v) is 4.15. The zero-order valence-electron chi connectivity index (χ0n) is 16.6. The zero-order chi connectivity index (χ0) is 19.2. The highest BCUT2D eigenvalue weighted by Crippen LogP contribution is 2.26. The lowest BCUT2D eigenvalue weighted by Gasteiger charge is -2.08. The van der Waals surface area contributed by atoms with Crippen molar-refractivity contribution in [2.45, 2.75) is 52.4 Å². The monoisotopic (exact) mass is 359 g/mol. The van der Waals surface area contributed by atoms with Crippen LogP contribution in [0.25, 0.3) is 6.08 Å². The molecule has 0 aliphatic carbocycles. The second-order valence-corrected chi connectivity index (χ2v) is 6.39. The zero-order valence-corrected chi connectivity index (χ0v) is 16.6. The Kier molecular flexibility index (Phi) is 10.9. The molecular weight excluding hydrogens is 326 g/mol. The van der Waals surface area contributed by atoms with Gasteiger partial charge in [-0.05, 0) is 31.6 Å². The molecule has 1 rings (SSSR count). The number of hydrogen-bond acceptors (Lipinski definition) is 3. The molecule has 0 aliphatic rings. The van der Waals surface area contributed by atoms with Crippen LogP contribution in [0.15, 0.2) is 35.9 Å². The Morgan fingerprint density at radius 2 is 1.77 bits per heavy atom. The molecule has 0 fully saturated rings. The summed E-state index contributed by atoms with van der Waals surface area (Å²) in [6.45, 7) is 4.92. The fourth-order valence-electron chi connectivity index (χ4n) is 2.61. The van der Waals surface area contributed by atoms with Gasteiger partial charge >= 0.3 is 0 Å². The molecular formula is C22H33NO3. The fourth-order valence-corrected chi connectivity index (χ4v) is 2.61. The summed E-state index contributed by atoms with van der Waals surface area (Å²) in [5, 5.41) is 2.94. The Bertz CT molecular complexity index is 605. The van der Waals surface area contributed by atoms with Crippen molar-refractivity contribution in [1.82, 2.24) is 5.32 Å². The highest BCUT2D eigenvalue weighted by molar-refractivity contribution is 5.88. The Morgan fingerprint density at radius 3 is 2.46 bits per heavy atom. The predicted octanol–water partition coefficient (Wildman–Crippen LogP) is 5.14. The van der Waals surface area contributed by atoms with Crippen LogP contribution in [0.3, 0.4) is 0 Å². The van der Waals surface area contributed by atoms with Gasteiger partial charge in [0.1, 0.15) is 11.5 Å². The van der Waals surface area contributed by atoms with Gasteiger partial charge in [-0.25, -0.2) is 0 Å². The van der Waals surface area contributed by atoms with Crippen LogP contribution in [0.1, 0.15) is 57.9 Å². The molecule has 0 aliphatic heterocycles. The van der Waals surface area contributed by atoms with Gasteiger partial charge in [0, 0.05) is 24.3 Å². The molecule has 1 aromatic rings. The first-order valence-electron chi connectivity index (χ1n) is 9.47. The maximum atomic E-state index is 11.9. The van der Waals surface area contributed by atoms with E-state index in [0.717, 1.165) is 35.6 Å². The molecule has 4 nitrogen and oxygen atoms in total. The predicted molar refractivity (Wildman–Crippen MR) is 109 cm³/mol. The molecule has 0 heterocycles. The van der Waals surface area contributed by atoms with Gasteiger partial charge in [0.15, 0.2) is 0 Å². The molecule has 144 valence electrons. The van der Waals surface area contributed by atoms with E-state index in [2.05, 4.69) is 12.2 Å². The van der Waals surface area contributed by atoms with E-state index in [9.17, 15) is 4.79 Å². The number of carbonyl (C=O) groups excluding carboxylic acids is 1. The lowest BCUT2D eigenvalue weighted by atomic mass is 10.1. The third kappa shape index (κ3) is 8.75. The summed E-state index contributed by atoms with van der Waals surface area (Å²) in [7, 11) is 3.26. The number of nitrogens with one attached hydrogen (secondary N) is 1. The number of amides is 1. The van der Waals surface area contributed by atoms with Gasteiger partial charge in [-0.3, -0.25) is 4.79 Å². The molecule has 0 unspecified atom stereocenters. The minimum absolute atomic E-state index is 0.0481. The maximum Gasteiger partial charge on any atom is 0.243 e. The summed E-state index contributed by atoms with van der Waals surface area (Å²) < 4.78 is 10.6. The Morgan fingerprint density at radius 1 is 1.04 bits per heavy atom. The van der Waals surface area contributed by atoms with Crippen molar-refractivity contribution in [3.63, 3.8) is 0 Å². The summed E-state index contributed by atoms with van der Waals surface area (Å²) in [6, 6.07) is 5.67. The van der Waals surface area contributed by atoms with Gasteiger partial charge in [0.05, 0.1) is 14.2 Å². The smallest absolute Gasteiger partial charge is 0.243 e. The fraction of sp³-hybridized carbons (Fsp3) is 0.500. The molecule has 0 radical (unpaired) electrons. The number of ether oxygens (including phenoxy) is 2. The van der Waals surface area contributed by atoms with Crippen LogP contribution in [0, 0.1) is 0 Å². The molecule has 0 saturated heterocycles. The van der Waals surface area contributed by atoms with E-state index >= 15 is 0 Å². The van der Waals surface area contributed by atoms with Crippen molar-refractivity contribution in [3.05, 3.63) is 41.5 Å². The van der Waals surface area contributed by atoms with E-state index in [1.54, 1.807) is 20.3 Å². The average Bonchev–Trinajstić information content (AvgIpc) is 2.66. The van der Waals surface area contributed by atoms with Crippen molar-refractivity contribution >= 4 is 12.0 Å². The molecule has 1 amide bonds. The quantitative estimate of drug-likeness (QED) is 0.319. The minimum Gasteiger partial charge on any atom is -0.497 e. The standard InChI is InChI=1S/C22H33NO3/c1-5-6-7-8-9-10-15-23-22(24)14-11-18(2)16-19-12-13-20(25-3)17-21(19)26-4/h11-14,16-17H,5-10,15H2,1-4H3,(H,23,24)/b14-11+,18-16+. The summed E-state index contributed by atoms with van der Waals surface area (Å²) in [5.41, 5.74) is 1.92. The highest BCUT2D eigenvalue weighted by Gasteiger charge is 2.03. The van der Waals surface area contributed by atoms with E-state index in [1.807, 2.05) is 37.3 Å². The van der Waals surface area contributed by atoms with E-state index in [1.165, 1.54) is 32.1 Å². The lowest BCUT2D eigenvalue weighted by Crippen LogP contribution is -2.22. The van der Waals surface area contributed by atoms with E-state index in [0.29, 0.717) is 0 Å². The van der Waals surface area contributed by atoms with E-state index < -0.39 is 0 Å².